The lowest BCUT2D eigenvalue weighted by Gasteiger charge is -2.07. The van der Waals surface area contributed by atoms with E-state index in [1.807, 2.05) is 0 Å². The standard InChI is InChI=1S/C16H12N2O3/c1-3-12-7-5-8-13(10-12)17-16(19)14-9-4-6-11(2)15(14)18(20)21/h1,4-10H,2H3,(H,17,19). The van der Waals surface area contributed by atoms with Gasteiger partial charge in [-0.1, -0.05) is 24.1 Å². The highest BCUT2D eigenvalue weighted by molar-refractivity contribution is 6.07. The van der Waals surface area contributed by atoms with Gasteiger partial charge in [-0.3, -0.25) is 14.9 Å². The van der Waals surface area contributed by atoms with Crippen molar-refractivity contribution in [3.8, 4) is 12.3 Å². The molecular formula is C16H12N2O3. The van der Waals surface area contributed by atoms with Crippen molar-refractivity contribution < 1.29 is 9.72 Å². The van der Waals surface area contributed by atoms with Gasteiger partial charge in [-0.15, -0.1) is 6.42 Å². The average Bonchev–Trinajstić information content (AvgIpc) is 2.46. The van der Waals surface area contributed by atoms with Crippen LogP contribution in [-0.4, -0.2) is 10.8 Å². The topological polar surface area (TPSA) is 72.2 Å². The first-order valence-electron chi connectivity index (χ1n) is 6.15. The number of para-hydroxylation sites is 1. The van der Waals surface area contributed by atoms with Crippen LogP contribution in [0.25, 0.3) is 0 Å². The number of nitro benzene ring substituents is 1. The van der Waals surface area contributed by atoms with Gasteiger partial charge in [0.1, 0.15) is 5.56 Å². The molecule has 104 valence electrons. The minimum absolute atomic E-state index is 0.0195. The van der Waals surface area contributed by atoms with Crippen LogP contribution in [0.2, 0.25) is 0 Å². The van der Waals surface area contributed by atoms with Gasteiger partial charge in [0.15, 0.2) is 0 Å². The number of nitro groups is 1. The second-order valence-corrected chi connectivity index (χ2v) is 4.41. The molecule has 0 aliphatic rings. The zero-order chi connectivity index (χ0) is 15.4. The van der Waals surface area contributed by atoms with E-state index in [0.717, 1.165) is 0 Å². The zero-order valence-corrected chi connectivity index (χ0v) is 11.3. The normalized spacial score (nSPS) is 9.71. The van der Waals surface area contributed by atoms with E-state index in [1.54, 1.807) is 43.3 Å². The molecule has 0 unspecified atom stereocenters. The number of nitrogens with one attached hydrogen (secondary N) is 1. The van der Waals surface area contributed by atoms with Crippen molar-refractivity contribution in [1.82, 2.24) is 0 Å². The van der Waals surface area contributed by atoms with Crippen molar-refractivity contribution >= 4 is 17.3 Å². The summed E-state index contributed by atoms with van der Waals surface area (Å²) in [7, 11) is 0. The molecule has 0 radical (unpaired) electrons. The molecule has 5 nitrogen and oxygen atoms in total. The molecule has 21 heavy (non-hydrogen) atoms. The molecule has 0 atom stereocenters. The lowest BCUT2D eigenvalue weighted by molar-refractivity contribution is -0.385. The van der Waals surface area contributed by atoms with Crippen LogP contribution in [0.5, 0.6) is 0 Å². The SMILES string of the molecule is C#Cc1cccc(NC(=O)c2cccc(C)c2[N+](=O)[O-])c1. The first kappa shape index (κ1) is 14.3. The molecule has 0 aliphatic carbocycles. The molecular weight excluding hydrogens is 268 g/mol. The number of rotatable bonds is 3. The highest BCUT2D eigenvalue weighted by Crippen LogP contribution is 2.24. The van der Waals surface area contributed by atoms with Gasteiger partial charge in [-0.25, -0.2) is 0 Å². The van der Waals surface area contributed by atoms with E-state index in [9.17, 15) is 14.9 Å². The Morgan fingerprint density at radius 1 is 1.29 bits per heavy atom. The predicted octanol–water partition coefficient (Wildman–Crippen LogP) is 3.14. The second kappa shape index (κ2) is 5.88. The Labute approximate surface area is 121 Å². The number of terminal acetylenes is 1. The molecule has 2 aromatic rings. The van der Waals surface area contributed by atoms with E-state index < -0.39 is 10.8 Å². The summed E-state index contributed by atoms with van der Waals surface area (Å²) in [6.45, 7) is 1.59. The molecule has 0 aromatic heterocycles. The summed E-state index contributed by atoms with van der Waals surface area (Å²) in [5.74, 6) is 1.92. The van der Waals surface area contributed by atoms with Gasteiger partial charge >= 0.3 is 0 Å². The molecule has 0 fully saturated rings. The van der Waals surface area contributed by atoms with E-state index in [-0.39, 0.29) is 11.3 Å². The first-order chi connectivity index (χ1) is 10.0. The van der Waals surface area contributed by atoms with Crippen LogP contribution in [0.15, 0.2) is 42.5 Å². The minimum Gasteiger partial charge on any atom is -0.322 e. The Morgan fingerprint density at radius 2 is 2.00 bits per heavy atom. The van der Waals surface area contributed by atoms with Crippen molar-refractivity contribution in [1.29, 1.82) is 0 Å². The molecule has 0 heterocycles. The number of aryl methyl sites for hydroxylation is 1. The number of nitrogens with zero attached hydrogens (tertiary/aromatic N) is 1. The van der Waals surface area contributed by atoms with Gasteiger partial charge < -0.3 is 5.32 Å². The summed E-state index contributed by atoms with van der Waals surface area (Å²) in [4.78, 5) is 22.8. The largest absolute Gasteiger partial charge is 0.322 e. The number of benzene rings is 2. The maximum absolute atomic E-state index is 12.2. The Hall–Kier alpha value is -3.13. The van der Waals surface area contributed by atoms with Crippen LogP contribution in [0, 0.1) is 29.4 Å². The number of carbonyl (C=O) groups excluding carboxylic acids is 1. The van der Waals surface area contributed by atoms with Gasteiger partial charge in [-0.05, 0) is 31.2 Å². The Balaban J connectivity index is 2.35. The Morgan fingerprint density at radius 3 is 2.67 bits per heavy atom. The third-order valence-corrected chi connectivity index (χ3v) is 2.95. The molecule has 0 spiro atoms. The summed E-state index contributed by atoms with van der Waals surface area (Å²) < 4.78 is 0. The minimum atomic E-state index is -0.553. The van der Waals surface area contributed by atoms with Crippen LogP contribution in [-0.2, 0) is 0 Å². The van der Waals surface area contributed by atoms with Gasteiger partial charge in [0.05, 0.1) is 4.92 Å². The Bertz CT molecular complexity index is 760. The third-order valence-electron chi connectivity index (χ3n) is 2.95. The van der Waals surface area contributed by atoms with Gasteiger partial charge in [0.25, 0.3) is 11.6 Å². The van der Waals surface area contributed by atoms with Crippen molar-refractivity contribution in [2.75, 3.05) is 5.32 Å². The monoisotopic (exact) mass is 280 g/mol. The zero-order valence-electron chi connectivity index (χ0n) is 11.3. The first-order valence-corrected chi connectivity index (χ1v) is 6.15. The van der Waals surface area contributed by atoms with E-state index in [1.165, 1.54) is 6.07 Å². The fourth-order valence-corrected chi connectivity index (χ4v) is 1.97. The molecule has 0 saturated heterocycles. The van der Waals surface area contributed by atoms with E-state index >= 15 is 0 Å². The number of anilines is 1. The number of amides is 1. The highest BCUT2D eigenvalue weighted by atomic mass is 16.6. The predicted molar refractivity (Wildman–Crippen MR) is 80.2 cm³/mol. The number of hydrogen-bond acceptors (Lipinski definition) is 3. The maximum Gasteiger partial charge on any atom is 0.285 e. The van der Waals surface area contributed by atoms with Crippen LogP contribution in [0.1, 0.15) is 21.5 Å². The number of carbonyl (C=O) groups is 1. The van der Waals surface area contributed by atoms with E-state index in [2.05, 4.69) is 11.2 Å². The molecule has 5 heteroatoms. The fourth-order valence-electron chi connectivity index (χ4n) is 1.97. The maximum atomic E-state index is 12.2. The van der Waals surface area contributed by atoms with Crippen LogP contribution in [0.4, 0.5) is 11.4 Å². The van der Waals surface area contributed by atoms with E-state index in [4.69, 9.17) is 6.42 Å². The lowest BCUT2D eigenvalue weighted by Crippen LogP contribution is -2.14. The quantitative estimate of drug-likeness (QED) is 0.533. The summed E-state index contributed by atoms with van der Waals surface area (Å²) in [6.07, 6.45) is 5.29. The lowest BCUT2D eigenvalue weighted by atomic mass is 10.1. The molecule has 0 aliphatic heterocycles. The fraction of sp³-hybridized carbons (Fsp3) is 0.0625. The third kappa shape index (κ3) is 3.07. The van der Waals surface area contributed by atoms with Gasteiger partial charge in [0.2, 0.25) is 0 Å². The van der Waals surface area contributed by atoms with Crippen LogP contribution < -0.4 is 5.32 Å². The van der Waals surface area contributed by atoms with Crippen molar-refractivity contribution in [3.63, 3.8) is 0 Å². The highest BCUT2D eigenvalue weighted by Gasteiger charge is 2.22. The molecule has 1 N–H and O–H groups in total. The molecule has 0 saturated carbocycles. The van der Waals surface area contributed by atoms with Crippen LogP contribution in [0.3, 0.4) is 0 Å². The van der Waals surface area contributed by atoms with Gasteiger partial charge in [-0.2, -0.15) is 0 Å². The second-order valence-electron chi connectivity index (χ2n) is 4.41. The van der Waals surface area contributed by atoms with E-state index in [0.29, 0.717) is 16.8 Å². The van der Waals surface area contributed by atoms with Crippen molar-refractivity contribution in [2.45, 2.75) is 6.92 Å². The summed E-state index contributed by atoms with van der Waals surface area (Å²) in [5.41, 5.74) is 1.37. The Kier molecular flexibility index (Phi) is 4.00. The smallest absolute Gasteiger partial charge is 0.285 e. The summed E-state index contributed by atoms with van der Waals surface area (Å²) >= 11 is 0. The average molecular weight is 280 g/mol. The van der Waals surface area contributed by atoms with Gasteiger partial charge in [0, 0.05) is 16.8 Å². The molecule has 1 amide bonds. The molecule has 0 bridgehead atoms. The molecule has 2 rings (SSSR count). The summed E-state index contributed by atoms with van der Waals surface area (Å²) in [6, 6.07) is 11.3. The number of hydrogen-bond donors (Lipinski definition) is 1. The molecule has 2 aromatic carbocycles. The van der Waals surface area contributed by atoms with Crippen molar-refractivity contribution in [3.05, 3.63) is 69.3 Å². The summed E-state index contributed by atoms with van der Waals surface area (Å²) in [5, 5.41) is 13.7. The van der Waals surface area contributed by atoms with Crippen molar-refractivity contribution in [2.24, 2.45) is 0 Å². The van der Waals surface area contributed by atoms with Crippen LogP contribution >= 0.6 is 0 Å².